The molecule has 1 amide bonds. The standard InChI is InChI=1S/C19H17F3N2O3S2/c20-19(21,22)27-12-5-6-15-16(9-12)29-18(23-15)24(11-13-3-1-7-26-13)17(25)10-14-4-2-8-28-14/h2,4-6,8-9,13H,1,3,7,10-11H2/t13-/m0/s1. The van der Waals surface area contributed by atoms with E-state index in [1.54, 1.807) is 4.90 Å². The van der Waals surface area contributed by atoms with Gasteiger partial charge >= 0.3 is 6.36 Å². The summed E-state index contributed by atoms with van der Waals surface area (Å²) in [4.78, 5) is 20.0. The number of rotatable bonds is 6. The number of aromatic nitrogens is 1. The summed E-state index contributed by atoms with van der Waals surface area (Å²) in [5.74, 6) is -0.426. The lowest BCUT2D eigenvalue weighted by molar-refractivity contribution is -0.274. The van der Waals surface area contributed by atoms with Crippen molar-refractivity contribution < 1.29 is 27.4 Å². The fourth-order valence-electron chi connectivity index (χ4n) is 3.14. The fraction of sp³-hybridized carbons (Fsp3) is 0.368. The molecule has 2 aromatic heterocycles. The Labute approximate surface area is 172 Å². The summed E-state index contributed by atoms with van der Waals surface area (Å²) < 4.78 is 47.6. The van der Waals surface area contributed by atoms with Crippen LogP contribution in [0.3, 0.4) is 0 Å². The molecule has 1 aromatic carbocycles. The van der Waals surface area contributed by atoms with Gasteiger partial charge in [-0.25, -0.2) is 4.98 Å². The Kier molecular flexibility index (Phi) is 5.75. The van der Waals surface area contributed by atoms with Gasteiger partial charge in [0.2, 0.25) is 5.91 Å². The van der Waals surface area contributed by atoms with E-state index in [-0.39, 0.29) is 24.2 Å². The van der Waals surface area contributed by atoms with E-state index >= 15 is 0 Å². The maximum Gasteiger partial charge on any atom is 0.573 e. The molecule has 0 unspecified atom stereocenters. The molecule has 0 spiro atoms. The number of halogens is 3. The highest BCUT2D eigenvalue weighted by Crippen LogP contribution is 2.34. The van der Waals surface area contributed by atoms with Crippen LogP contribution in [0.1, 0.15) is 17.7 Å². The van der Waals surface area contributed by atoms with Crippen molar-refractivity contribution in [1.82, 2.24) is 4.98 Å². The highest BCUT2D eigenvalue weighted by molar-refractivity contribution is 7.22. The second kappa shape index (κ2) is 8.29. The minimum Gasteiger partial charge on any atom is -0.406 e. The third kappa shape index (κ3) is 5.06. The van der Waals surface area contributed by atoms with Crippen LogP contribution in [0.4, 0.5) is 18.3 Å². The molecule has 10 heteroatoms. The van der Waals surface area contributed by atoms with Crippen LogP contribution in [-0.2, 0) is 16.0 Å². The summed E-state index contributed by atoms with van der Waals surface area (Å²) in [5.41, 5.74) is 0.515. The zero-order valence-electron chi connectivity index (χ0n) is 15.1. The lowest BCUT2D eigenvalue weighted by Gasteiger charge is -2.22. The van der Waals surface area contributed by atoms with Crippen LogP contribution in [0.15, 0.2) is 35.7 Å². The van der Waals surface area contributed by atoms with E-state index in [2.05, 4.69) is 9.72 Å². The van der Waals surface area contributed by atoms with Crippen molar-refractivity contribution in [3.8, 4) is 5.75 Å². The van der Waals surface area contributed by atoms with E-state index in [1.807, 2.05) is 17.5 Å². The SMILES string of the molecule is O=C(Cc1cccs1)N(C[C@@H]1CCCO1)c1nc2ccc(OC(F)(F)F)cc2s1. The Balaban J connectivity index is 1.61. The van der Waals surface area contributed by atoms with E-state index in [0.717, 1.165) is 29.1 Å². The molecule has 5 nitrogen and oxygen atoms in total. The van der Waals surface area contributed by atoms with Crippen molar-refractivity contribution in [2.75, 3.05) is 18.1 Å². The summed E-state index contributed by atoms with van der Waals surface area (Å²) >= 11 is 2.66. The van der Waals surface area contributed by atoms with Crippen molar-refractivity contribution in [2.45, 2.75) is 31.7 Å². The maximum absolute atomic E-state index is 13.0. The summed E-state index contributed by atoms with van der Waals surface area (Å²) in [5, 5.41) is 2.36. The van der Waals surface area contributed by atoms with Gasteiger partial charge in [-0.15, -0.1) is 24.5 Å². The first kappa shape index (κ1) is 20.1. The van der Waals surface area contributed by atoms with E-state index in [0.29, 0.717) is 28.5 Å². The van der Waals surface area contributed by atoms with E-state index in [1.165, 1.54) is 29.5 Å². The number of ether oxygens (including phenoxy) is 2. The van der Waals surface area contributed by atoms with E-state index in [4.69, 9.17) is 4.74 Å². The van der Waals surface area contributed by atoms with Crippen LogP contribution in [-0.4, -0.2) is 36.5 Å². The molecule has 3 heterocycles. The molecule has 0 bridgehead atoms. The largest absolute Gasteiger partial charge is 0.573 e. The van der Waals surface area contributed by atoms with E-state index in [9.17, 15) is 18.0 Å². The number of alkyl halides is 3. The lowest BCUT2D eigenvalue weighted by Crippen LogP contribution is -2.38. The predicted molar refractivity (Wildman–Crippen MR) is 106 cm³/mol. The van der Waals surface area contributed by atoms with Gasteiger partial charge in [-0.1, -0.05) is 17.4 Å². The summed E-state index contributed by atoms with van der Waals surface area (Å²) in [6.07, 6.45) is -2.79. The Morgan fingerprint density at radius 1 is 1.34 bits per heavy atom. The van der Waals surface area contributed by atoms with Gasteiger partial charge in [-0.2, -0.15) is 0 Å². The number of anilines is 1. The number of thiazole rings is 1. The molecule has 1 aliphatic heterocycles. The number of hydrogen-bond donors (Lipinski definition) is 0. The van der Waals surface area contributed by atoms with Crippen molar-refractivity contribution in [3.63, 3.8) is 0 Å². The number of amides is 1. The molecule has 1 fully saturated rings. The Morgan fingerprint density at radius 2 is 2.21 bits per heavy atom. The molecule has 1 saturated heterocycles. The monoisotopic (exact) mass is 442 g/mol. The topological polar surface area (TPSA) is 51.7 Å². The molecular formula is C19H17F3N2O3S2. The first-order chi connectivity index (χ1) is 13.9. The molecule has 0 N–H and O–H groups in total. The van der Waals surface area contributed by atoms with Crippen LogP contribution in [0.5, 0.6) is 5.75 Å². The second-order valence-corrected chi connectivity index (χ2v) is 8.61. The highest BCUT2D eigenvalue weighted by atomic mass is 32.1. The van der Waals surface area contributed by atoms with Crippen molar-refractivity contribution in [3.05, 3.63) is 40.6 Å². The number of hydrogen-bond acceptors (Lipinski definition) is 6. The van der Waals surface area contributed by atoms with Crippen LogP contribution in [0.2, 0.25) is 0 Å². The maximum atomic E-state index is 13.0. The van der Waals surface area contributed by atoms with Crippen LogP contribution in [0, 0.1) is 0 Å². The number of carbonyl (C=O) groups is 1. The molecule has 0 saturated carbocycles. The second-order valence-electron chi connectivity index (χ2n) is 6.57. The average molecular weight is 442 g/mol. The predicted octanol–water partition coefficient (Wildman–Crippen LogP) is 5.01. The number of fused-ring (bicyclic) bond motifs is 1. The molecular weight excluding hydrogens is 425 g/mol. The van der Waals surface area contributed by atoms with Gasteiger partial charge in [0.1, 0.15) is 5.75 Å². The average Bonchev–Trinajstić information content (AvgIpc) is 3.39. The molecule has 154 valence electrons. The fourth-order valence-corrected chi connectivity index (χ4v) is 4.86. The molecule has 1 atom stereocenters. The zero-order chi connectivity index (χ0) is 20.4. The quantitative estimate of drug-likeness (QED) is 0.539. The van der Waals surface area contributed by atoms with Gasteiger partial charge in [0.25, 0.3) is 0 Å². The first-order valence-corrected chi connectivity index (χ1v) is 10.7. The number of carbonyl (C=O) groups excluding carboxylic acids is 1. The van der Waals surface area contributed by atoms with Gasteiger partial charge in [-0.3, -0.25) is 9.69 Å². The van der Waals surface area contributed by atoms with Crippen LogP contribution >= 0.6 is 22.7 Å². The highest BCUT2D eigenvalue weighted by Gasteiger charge is 2.31. The van der Waals surface area contributed by atoms with Gasteiger partial charge < -0.3 is 9.47 Å². The lowest BCUT2D eigenvalue weighted by atomic mass is 10.2. The van der Waals surface area contributed by atoms with Crippen LogP contribution in [0.25, 0.3) is 10.2 Å². The molecule has 29 heavy (non-hydrogen) atoms. The minimum absolute atomic E-state index is 0.0709. The van der Waals surface area contributed by atoms with E-state index < -0.39 is 6.36 Å². The van der Waals surface area contributed by atoms with Gasteiger partial charge in [-0.05, 0) is 36.4 Å². The molecule has 3 aromatic rings. The molecule has 4 rings (SSSR count). The number of nitrogens with zero attached hydrogens (tertiary/aromatic N) is 2. The summed E-state index contributed by atoms with van der Waals surface area (Å²) in [6.45, 7) is 1.03. The Bertz CT molecular complexity index is 982. The Morgan fingerprint density at radius 3 is 2.90 bits per heavy atom. The number of benzene rings is 1. The number of thiophene rings is 1. The van der Waals surface area contributed by atoms with Crippen molar-refractivity contribution >= 4 is 43.9 Å². The normalized spacial score (nSPS) is 17.0. The summed E-state index contributed by atoms with van der Waals surface area (Å²) in [6, 6.07) is 7.75. The van der Waals surface area contributed by atoms with Gasteiger partial charge in [0, 0.05) is 17.6 Å². The van der Waals surface area contributed by atoms with Crippen molar-refractivity contribution in [2.24, 2.45) is 0 Å². The molecule has 0 aliphatic carbocycles. The summed E-state index contributed by atoms with van der Waals surface area (Å²) in [7, 11) is 0. The molecule has 0 radical (unpaired) electrons. The van der Waals surface area contributed by atoms with Crippen LogP contribution < -0.4 is 9.64 Å². The zero-order valence-corrected chi connectivity index (χ0v) is 16.8. The smallest absolute Gasteiger partial charge is 0.406 e. The Hall–Kier alpha value is -2.17. The molecule has 1 aliphatic rings. The van der Waals surface area contributed by atoms with Gasteiger partial charge in [0.15, 0.2) is 5.13 Å². The third-order valence-electron chi connectivity index (χ3n) is 4.43. The third-order valence-corrected chi connectivity index (χ3v) is 6.35. The van der Waals surface area contributed by atoms with Crippen molar-refractivity contribution in [1.29, 1.82) is 0 Å². The van der Waals surface area contributed by atoms with Gasteiger partial charge in [0.05, 0.1) is 29.3 Å². The minimum atomic E-state index is -4.76. The first-order valence-electron chi connectivity index (χ1n) is 8.98.